The molecule has 4 aromatic carbocycles. The molecule has 4 aromatic rings. The molecule has 0 saturated carbocycles. The average Bonchev–Trinajstić information content (AvgIpc) is 2.91. The number of hydrogen-bond donors (Lipinski definition) is 0. The summed E-state index contributed by atoms with van der Waals surface area (Å²) < 4.78 is 0. The number of allylic oxidation sites excluding steroid dienone is 2. The maximum atomic E-state index is 3.99. The van der Waals surface area contributed by atoms with Gasteiger partial charge in [0.05, 0.1) is 5.41 Å². The van der Waals surface area contributed by atoms with Gasteiger partial charge in [-0.05, 0) is 33.4 Å². The van der Waals surface area contributed by atoms with Gasteiger partial charge in [-0.3, -0.25) is 0 Å². The van der Waals surface area contributed by atoms with Crippen LogP contribution in [-0.2, 0) is 5.41 Å². The van der Waals surface area contributed by atoms with Crippen LogP contribution in [-0.4, -0.2) is 0 Å². The van der Waals surface area contributed by atoms with Crippen molar-refractivity contribution in [2.75, 3.05) is 0 Å². The maximum absolute atomic E-state index is 3.99. The van der Waals surface area contributed by atoms with E-state index in [0.717, 1.165) is 11.1 Å². The third-order valence-electron chi connectivity index (χ3n) is 5.80. The van der Waals surface area contributed by atoms with E-state index >= 15 is 0 Å². The van der Waals surface area contributed by atoms with Gasteiger partial charge >= 0.3 is 0 Å². The molecule has 0 aliphatic heterocycles. The summed E-state index contributed by atoms with van der Waals surface area (Å²) in [5.41, 5.74) is 6.78. The minimum absolute atomic E-state index is 0.303. The second kappa shape index (κ2) is 11.5. The van der Waals surface area contributed by atoms with Crippen molar-refractivity contribution in [3.63, 3.8) is 0 Å². The first-order chi connectivity index (χ1) is 16.2. The van der Waals surface area contributed by atoms with E-state index in [0.29, 0.717) is 0 Å². The summed E-state index contributed by atoms with van der Waals surface area (Å²) >= 11 is 0. The van der Waals surface area contributed by atoms with Gasteiger partial charge in [-0.1, -0.05) is 147 Å². The molecule has 0 atom stereocenters. The zero-order chi connectivity index (χ0) is 23.5. The van der Waals surface area contributed by atoms with Crippen LogP contribution in [0.25, 0.3) is 23.3 Å². The predicted octanol–water partition coefficient (Wildman–Crippen LogP) is 8.98. The van der Waals surface area contributed by atoms with Crippen molar-refractivity contribution in [3.05, 3.63) is 170 Å². The average molecular weight is 427 g/mol. The Balaban J connectivity index is 0.000000186. The lowest BCUT2D eigenvalue weighted by atomic mass is 9.75. The van der Waals surface area contributed by atoms with Crippen LogP contribution in [0.1, 0.15) is 22.3 Å². The zero-order valence-corrected chi connectivity index (χ0v) is 19.0. The summed E-state index contributed by atoms with van der Waals surface area (Å²) in [5.74, 6) is 0. The molecule has 0 spiro atoms. The highest BCUT2D eigenvalue weighted by Crippen LogP contribution is 2.34. The van der Waals surface area contributed by atoms with Gasteiger partial charge < -0.3 is 0 Å². The largest absolute Gasteiger partial charge is 0.102 e. The highest BCUT2D eigenvalue weighted by molar-refractivity contribution is 5.81. The van der Waals surface area contributed by atoms with Crippen LogP contribution in [0.4, 0.5) is 0 Å². The van der Waals surface area contributed by atoms with Gasteiger partial charge in [0.15, 0.2) is 0 Å². The Morgan fingerprint density at radius 1 is 0.424 bits per heavy atom. The molecule has 0 heteroatoms. The second-order valence-electron chi connectivity index (χ2n) is 7.59. The Bertz CT molecular complexity index is 1110. The van der Waals surface area contributed by atoms with E-state index in [9.17, 15) is 0 Å². The molecule has 0 unspecified atom stereocenters. The predicted molar refractivity (Wildman–Crippen MR) is 146 cm³/mol. The normalized spacial score (nSPS) is 10.3. The van der Waals surface area contributed by atoms with E-state index in [1.54, 1.807) is 0 Å². The van der Waals surface area contributed by atoms with Gasteiger partial charge in [0, 0.05) is 0 Å². The van der Waals surface area contributed by atoms with Crippen molar-refractivity contribution in [2.24, 2.45) is 0 Å². The third-order valence-corrected chi connectivity index (χ3v) is 5.80. The van der Waals surface area contributed by atoms with Crippen molar-refractivity contribution in [3.8, 4) is 11.1 Å². The zero-order valence-electron chi connectivity index (χ0n) is 19.0. The van der Waals surface area contributed by atoms with Crippen molar-refractivity contribution >= 4 is 12.2 Å². The molecule has 162 valence electrons. The molecule has 0 fully saturated rings. The lowest BCUT2D eigenvalue weighted by molar-refractivity contribution is 0.820. The van der Waals surface area contributed by atoms with E-state index in [2.05, 4.69) is 74.8 Å². The van der Waals surface area contributed by atoms with Crippen LogP contribution in [0.3, 0.4) is 0 Å². The first-order valence-corrected chi connectivity index (χ1v) is 11.0. The van der Waals surface area contributed by atoms with Crippen LogP contribution >= 0.6 is 0 Å². The van der Waals surface area contributed by atoms with Crippen LogP contribution in [0.5, 0.6) is 0 Å². The van der Waals surface area contributed by atoms with Crippen molar-refractivity contribution in [1.29, 1.82) is 0 Å². The van der Waals surface area contributed by atoms with Crippen molar-refractivity contribution in [2.45, 2.75) is 5.41 Å². The number of rotatable bonds is 7. The standard InChI is InChI=1S/C17H16.C16H14/c1-3-17(4-2,15-11-7-5-8-12-15)16-13-9-6-10-14-16;1-3-13-9-5-7-11-15(13)16-12-8-6-10-14(16)4-2/h3-14H,1-2H2;3-12H,1-2H2. The third kappa shape index (κ3) is 5.19. The lowest BCUT2D eigenvalue weighted by Gasteiger charge is -2.28. The molecule has 0 aliphatic carbocycles. The molecule has 33 heavy (non-hydrogen) atoms. The summed E-state index contributed by atoms with van der Waals surface area (Å²) in [4.78, 5) is 0. The lowest BCUT2D eigenvalue weighted by Crippen LogP contribution is -2.21. The second-order valence-corrected chi connectivity index (χ2v) is 7.59. The monoisotopic (exact) mass is 426 g/mol. The van der Waals surface area contributed by atoms with E-state index < -0.39 is 0 Å². The summed E-state index contributed by atoms with van der Waals surface area (Å²) in [5, 5.41) is 0. The Labute approximate surface area is 198 Å². The summed E-state index contributed by atoms with van der Waals surface area (Å²) in [6, 6.07) is 37.1. The smallest absolute Gasteiger partial charge is 0.0557 e. The minimum atomic E-state index is -0.303. The fourth-order valence-corrected chi connectivity index (χ4v) is 3.99. The SMILES string of the molecule is C=CC(C=C)(c1ccccc1)c1ccccc1.C=Cc1ccccc1-c1ccccc1C=C. The summed E-state index contributed by atoms with van der Waals surface area (Å²) in [6.45, 7) is 15.7. The molecule has 0 radical (unpaired) electrons. The van der Waals surface area contributed by atoms with Gasteiger partial charge in [0.1, 0.15) is 0 Å². The molecule has 0 nitrogen and oxygen atoms in total. The van der Waals surface area contributed by atoms with Gasteiger partial charge in [0.2, 0.25) is 0 Å². The first-order valence-electron chi connectivity index (χ1n) is 11.0. The molecule has 0 saturated heterocycles. The quantitative estimate of drug-likeness (QED) is 0.259. The molecule has 0 aromatic heterocycles. The Hall–Kier alpha value is -4.16. The van der Waals surface area contributed by atoms with Gasteiger partial charge in [-0.25, -0.2) is 0 Å². The highest BCUT2D eigenvalue weighted by atomic mass is 14.3. The molecule has 0 bridgehead atoms. The maximum Gasteiger partial charge on any atom is 0.0557 e. The van der Waals surface area contributed by atoms with Crippen molar-refractivity contribution in [1.82, 2.24) is 0 Å². The molecule has 0 aliphatic rings. The summed E-state index contributed by atoms with van der Waals surface area (Å²) in [6.07, 6.45) is 7.67. The van der Waals surface area contributed by atoms with E-state index in [-0.39, 0.29) is 5.41 Å². The summed E-state index contributed by atoms with van der Waals surface area (Å²) in [7, 11) is 0. The number of benzene rings is 4. The number of hydrogen-bond acceptors (Lipinski definition) is 0. The van der Waals surface area contributed by atoms with E-state index in [4.69, 9.17) is 0 Å². The van der Waals surface area contributed by atoms with Gasteiger partial charge in [0.25, 0.3) is 0 Å². The molecule has 0 amide bonds. The van der Waals surface area contributed by atoms with Crippen molar-refractivity contribution < 1.29 is 0 Å². The van der Waals surface area contributed by atoms with Crippen LogP contribution < -0.4 is 0 Å². The fraction of sp³-hybridized carbons (Fsp3) is 0.0303. The minimum Gasteiger partial charge on any atom is -0.102 e. The van der Waals surface area contributed by atoms with Gasteiger partial charge in [-0.15, -0.1) is 13.2 Å². The van der Waals surface area contributed by atoms with Gasteiger partial charge in [-0.2, -0.15) is 0 Å². The van der Waals surface area contributed by atoms with Crippen LogP contribution in [0.15, 0.2) is 148 Å². The topological polar surface area (TPSA) is 0 Å². The molecular formula is C33H30. The van der Waals surface area contributed by atoms with Crippen LogP contribution in [0, 0.1) is 0 Å². The Kier molecular flexibility index (Phi) is 8.16. The molecule has 0 heterocycles. The molecule has 4 rings (SSSR count). The van der Waals surface area contributed by atoms with Crippen LogP contribution in [0.2, 0.25) is 0 Å². The molecule has 0 N–H and O–H groups in total. The first kappa shape index (κ1) is 23.5. The molecular weight excluding hydrogens is 396 g/mol. The van der Waals surface area contributed by atoms with E-state index in [1.807, 2.05) is 85.0 Å². The van der Waals surface area contributed by atoms with E-state index in [1.165, 1.54) is 22.3 Å². The Morgan fingerprint density at radius 2 is 0.758 bits per heavy atom. The fourth-order valence-electron chi connectivity index (χ4n) is 3.99. The highest BCUT2D eigenvalue weighted by Gasteiger charge is 2.26. The Morgan fingerprint density at radius 3 is 1.09 bits per heavy atom.